The molecule has 0 unspecified atom stereocenters. The highest BCUT2D eigenvalue weighted by atomic mass is 35.5. The predicted octanol–water partition coefficient (Wildman–Crippen LogP) is 2.41. The van der Waals surface area contributed by atoms with E-state index >= 15 is 0 Å². The molecule has 2 aromatic rings. The average molecular weight is 419 g/mol. The van der Waals surface area contributed by atoms with Crippen LogP contribution in [-0.2, 0) is 23.1 Å². The van der Waals surface area contributed by atoms with Gasteiger partial charge in [-0.2, -0.15) is 0 Å². The van der Waals surface area contributed by atoms with E-state index in [0.717, 1.165) is 18.1 Å². The largest absolute Gasteiger partial charge is 0.478 e. The fourth-order valence-corrected chi connectivity index (χ4v) is 4.37. The monoisotopic (exact) mass is 418 g/mol. The lowest BCUT2D eigenvalue weighted by Gasteiger charge is -2.39. The summed E-state index contributed by atoms with van der Waals surface area (Å²) in [5.41, 5.74) is 5.09. The van der Waals surface area contributed by atoms with Crippen LogP contribution in [0.25, 0.3) is 16.5 Å². The molecule has 29 heavy (non-hydrogen) atoms. The van der Waals surface area contributed by atoms with E-state index in [9.17, 15) is 14.7 Å². The Labute approximate surface area is 173 Å². The topological polar surface area (TPSA) is 103 Å². The van der Waals surface area contributed by atoms with Crippen molar-refractivity contribution in [1.29, 1.82) is 0 Å². The van der Waals surface area contributed by atoms with Crippen molar-refractivity contribution >= 4 is 40.0 Å². The Balaban J connectivity index is 0.000000258. The van der Waals surface area contributed by atoms with Crippen LogP contribution in [0.5, 0.6) is 0 Å². The highest BCUT2D eigenvalue weighted by molar-refractivity contribution is 6.32. The molecule has 1 aliphatic heterocycles. The van der Waals surface area contributed by atoms with E-state index in [1.165, 1.54) is 27.6 Å². The van der Waals surface area contributed by atoms with Crippen LogP contribution >= 0.6 is 11.6 Å². The summed E-state index contributed by atoms with van der Waals surface area (Å²) < 4.78 is 2.08. The smallest absolute Gasteiger partial charge is 0.328 e. The number of hydrogen-bond acceptors (Lipinski definition) is 4. The first-order chi connectivity index (χ1) is 13.7. The number of carbonyl (C=O) groups is 2. The molecule has 0 bridgehead atoms. The molecule has 0 saturated carbocycles. The van der Waals surface area contributed by atoms with Gasteiger partial charge in [-0.3, -0.25) is 4.90 Å². The van der Waals surface area contributed by atoms with Gasteiger partial charge in [-0.1, -0.05) is 29.8 Å². The van der Waals surface area contributed by atoms with Crippen molar-refractivity contribution < 1.29 is 24.9 Å². The van der Waals surface area contributed by atoms with Crippen molar-refractivity contribution in [2.45, 2.75) is 12.5 Å². The van der Waals surface area contributed by atoms with Crippen LogP contribution in [0.4, 0.5) is 0 Å². The number of carboxylic acid groups (broad SMARTS) is 2. The van der Waals surface area contributed by atoms with Crippen molar-refractivity contribution in [1.82, 2.24) is 9.47 Å². The second-order valence-corrected chi connectivity index (χ2v) is 7.62. The number of aryl methyl sites for hydroxylation is 1. The molecule has 1 aliphatic carbocycles. The van der Waals surface area contributed by atoms with Gasteiger partial charge in [0.15, 0.2) is 0 Å². The number of aromatic nitrogens is 1. The van der Waals surface area contributed by atoms with E-state index in [0.29, 0.717) is 18.2 Å². The molecule has 2 atom stereocenters. The van der Waals surface area contributed by atoms with Gasteiger partial charge in [-0.15, -0.1) is 0 Å². The Hall–Kier alpha value is -2.61. The number of nitrogens with zero attached hydrogens (tertiary/aromatic N) is 2. The Morgan fingerprint density at radius 1 is 1.21 bits per heavy atom. The van der Waals surface area contributed by atoms with Crippen molar-refractivity contribution in [3.05, 3.63) is 52.7 Å². The van der Waals surface area contributed by atoms with Crippen LogP contribution in [0.15, 0.2) is 36.4 Å². The average Bonchev–Trinajstić information content (AvgIpc) is 2.93. The number of fused-ring (bicyclic) bond motifs is 2. The normalized spacial score (nSPS) is 20.8. The highest BCUT2D eigenvalue weighted by Gasteiger charge is 2.35. The summed E-state index contributed by atoms with van der Waals surface area (Å²) in [6.07, 6.45) is 4.33. The number of aliphatic carboxylic acids is 2. The Morgan fingerprint density at radius 2 is 1.86 bits per heavy atom. The Bertz CT molecular complexity index is 1010. The zero-order chi connectivity index (χ0) is 21.3. The molecule has 0 amide bonds. The van der Waals surface area contributed by atoms with Crippen LogP contribution in [0, 0.1) is 5.92 Å². The van der Waals surface area contributed by atoms with Gasteiger partial charge in [0.1, 0.15) is 5.15 Å². The van der Waals surface area contributed by atoms with E-state index in [1.54, 1.807) is 0 Å². The quantitative estimate of drug-likeness (QED) is 0.661. The molecule has 154 valence electrons. The number of likely N-dealkylation sites (N-methyl/N-ethyl adjacent to an activating group) is 1. The van der Waals surface area contributed by atoms with Crippen LogP contribution in [0.2, 0.25) is 5.15 Å². The Morgan fingerprint density at radius 3 is 2.45 bits per heavy atom. The van der Waals surface area contributed by atoms with Crippen LogP contribution in [0.1, 0.15) is 11.1 Å². The summed E-state index contributed by atoms with van der Waals surface area (Å²) in [5, 5.41) is 27.3. The molecule has 0 spiro atoms. The summed E-state index contributed by atoms with van der Waals surface area (Å²) in [4.78, 5) is 21.5. The van der Waals surface area contributed by atoms with Crippen molar-refractivity contribution in [3.63, 3.8) is 0 Å². The second kappa shape index (κ2) is 8.41. The van der Waals surface area contributed by atoms with Gasteiger partial charge in [0, 0.05) is 48.6 Å². The summed E-state index contributed by atoms with van der Waals surface area (Å²) in [6.45, 7) is 1.11. The van der Waals surface area contributed by atoms with Gasteiger partial charge >= 0.3 is 11.9 Å². The van der Waals surface area contributed by atoms with Gasteiger partial charge in [0.05, 0.1) is 6.61 Å². The maximum atomic E-state index is 9.55. The highest BCUT2D eigenvalue weighted by Crippen LogP contribution is 2.44. The van der Waals surface area contributed by atoms with E-state index < -0.39 is 11.9 Å². The zero-order valence-electron chi connectivity index (χ0n) is 16.2. The summed E-state index contributed by atoms with van der Waals surface area (Å²) in [5.74, 6) is -2.29. The molecule has 2 heterocycles. The van der Waals surface area contributed by atoms with E-state index in [1.807, 2.05) is 7.05 Å². The molecule has 1 aromatic heterocycles. The SMILES string of the molecule is CN1C[C@H](CO)C=C2c3cccc4c3c(c(Cl)n4C)C[C@H]21.O=C(O)/C=C\C(=O)O. The second-order valence-electron chi connectivity index (χ2n) is 7.26. The third-order valence-corrected chi connectivity index (χ3v) is 5.87. The molecule has 0 saturated heterocycles. The molecule has 1 aromatic carbocycles. The molecule has 2 aliphatic rings. The van der Waals surface area contributed by atoms with Crippen LogP contribution in [0.3, 0.4) is 0 Å². The molecular weight excluding hydrogens is 396 g/mol. The predicted molar refractivity (Wildman–Crippen MR) is 111 cm³/mol. The van der Waals surface area contributed by atoms with Crippen LogP contribution in [-0.4, -0.2) is 63.0 Å². The number of benzene rings is 1. The first-order valence-electron chi connectivity index (χ1n) is 9.17. The third kappa shape index (κ3) is 4.07. The first-order valence-corrected chi connectivity index (χ1v) is 9.55. The maximum absolute atomic E-state index is 9.55. The van der Waals surface area contributed by atoms with Crippen molar-refractivity contribution in [2.75, 3.05) is 20.2 Å². The van der Waals surface area contributed by atoms with Crippen molar-refractivity contribution in [3.8, 4) is 0 Å². The fourth-order valence-electron chi connectivity index (χ4n) is 4.11. The molecule has 7 nitrogen and oxygen atoms in total. The number of carboxylic acids is 2. The van der Waals surface area contributed by atoms with Gasteiger partial charge in [-0.25, -0.2) is 9.59 Å². The lowest BCUT2D eigenvalue weighted by atomic mass is 9.80. The minimum absolute atomic E-state index is 0.207. The van der Waals surface area contributed by atoms with E-state index in [2.05, 4.69) is 40.8 Å². The lowest BCUT2D eigenvalue weighted by molar-refractivity contribution is -0.134. The maximum Gasteiger partial charge on any atom is 0.328 e. The molecule has 4 rings (SSSR count). The van der Waals surface area contributed by atoms with E-state index in [4.69, 9.17) is 21.8 Å². The lowest BCUT2D eigenvalue weighted by Crippen LogP contribution is -2.43. The van der Waals surface area contributed by atoms with Crippen molar-refractivity contribution in [2.24, 2.45) is 13.0 Å². The fraction of sp³-hybridized carbons (Fsp3) is 0.333. The number of hydrogen-bond donors (Lipinski definition) is 3. The Kier molecular flexibility index (Phi) is 6.12. The van der Waals surface area contributed by atoms with Crippen LogP contribution < -0.4 is 0 Å². The molecule has 0 radical (unpaired) electrons. The number of halogens is 1. The summed E-state index contributed by atoms with van der Waals surface area (Å²) in [6, 6.07) is 6.79. The summed E-state index contributed by atoms with van der Waals surface area (Å²) >= 11 is 6.56. The molecular formula is C21H23ClN2O5. The number of aliphatic hydroxyl groups is 1. The van der Waals surface area contributed by atoms with E-state index in [-0.39, 0.29) is 12.5 Å². The summed E-state index contributed by atoms with van der Waals surface area (Å²) in [7, 11) is 4.17. The number of aliphatic hydroxyl groups excluding tert-OH is 1. The van der Waals surface area contributed by atoms with Gasteiger partial charge in [0.25, 0.3) is 0 Å². The molecule has 8 heteroatoms. The standard InChI is InChI=1S/C17H19ClN2O.C4H4O4/c1-19-8-10(9-21)6-12-11-4-3-5-14-16(11)13(7-15(12)19)17(18)20(14)2;5-3(6)1-2-4(7)8/h3-6,10,15,21H,7-9H2,1-2H3;1-2H,(H,5,6)(H,7,8)/b;2-1-/t10-,15-;/m1./s1. The van der Waals surface area contributed by atoms with Gasteiger partial charge in [0.2, 0.25) is 0 Å². The first kappa shape index (κ1) is 21.1. The number of rotatable bonds is 3. The minimum Gasteiger partial charge on any atom is -0.478 e. The zero-order valence-corrected chi connectivity index (χ0v) is 16.9. The van der Waals surface area contributed by atoms with Gasteiger partial charge < -0.3 is 19.9 Å². The van der Waals surface area contributed by atoms with Gasteiger partial charge in [-0.05, 0) is 36.2 Å². The molecule has 0 fully saturated rings. The third-order valence-electron chi connectivity index (χ3n) is 5.39. The molecule has 3 N–H and O–H groups in total. The minimum atomic E-state index is -1.26.